The highest BCUT2D eigenvalue weighted by Gasteiger charge is 2.04. The van der Waals surface area contributed by atoms with Crippen LogP contribution in [-0.4, -0.2) is 32.0 Å². The van der Waals surface area contributed by atoms with Crippen LogP contribution in [0.5, 0.6) is 5.75 Å². The standard InChI is InChI=1S/C12H18O3/c1-14-9-11(13)7-6-10-4-3-5-12(8-10)15-2/h3-5,8,11,13H,6-7,9H2,1-2H3. The summed E-state index contributed by atoms with van der Waals surface area (Å²) in [6.45, 7) is 0.393. The minimum absolute atomic E-state index is 0.388. The summed E-state index contributed by atoms with van der Waals surface area (Å²) < 4.78 is 9.98. The van der Waals surface area contributed by atoms with E-state index in [1.807, 2.05) is 24.3 Å². The third kappa shape index (κ3) is 4.32. The molecule has 1 rings (SSSR count). The van der Waals surface area contributed by atoms with Crippen LogP contribution in [0.2, 0.25) is 0 Å². The summed E-state index contributed by atoms with van der Waals surface area (Å²) in [4.78, 5) is 0. The van der Waals surface area contributed by atoms with Gasteiger partial charge in [0.1, 0.15) is 5.75 Å². The van der Waals surface area contributed by atoms with Gasteiger partial charge in [0.15, 0.2) is 0 Å². The molecule has 1 N–H and O–H groups in total. The smallest absolute Gasteiger partial charge is 0.119 e. The highest BCUT2D eigenvalue weighted by Crippen LogP contribution is 2.14. The van der Waals surface area contributed by atoms with Gasteiger partial charge < -0.3 is 14.6 Å². The van der Waals surface area contributed by atoms with Crippen LogP contribution >= 0.6 is 0 Å². The summed E-state index contributed by atoms with van der Waals surface area (Å²) in [7, 11) is 3.24. The van der Waals surface area contributed by atoms with Crippen molar-refractivity contribution in [3.8, 4) is 5.75 Å². The maximum Gasteiger partial charge on any atom is 0.119 e. The van der Waals surface area contributed by atoms with E-state index < -0.39 is 0 Å². The molecule has 0 aliphatic rings. The molecule has 0 radical (unpaired) electrons. The fourth-order valence-corrected chi connectivity index (χ4v) is 1.44. The molecule has 0 spiro atoms. The van der Waals surface area contributed by atoms with E-state index in [4.69, 9.17) is 9.47 Å². The van der Waals surface area contributed by atoms with E-state index in [0.29, 0.717) is 13.0 Å². The number of rotatable bonds is 6. The van der Waals surface area contributed by atoms with Crippen LogP contribution in [0.15, 0.2) is 24.3 Å². The highest BCUT2D eigenvalue weighted by atomic mass is 16.5. The first kappa shape index (κ1) is 12.0. The third-order valence-corrected chi connectivity index (χ3v) is 2.26. The second-order valence-corrected chi connectivity index (χ2v) is 3.50. The van der Waals surface area contributed by atoms with Gasteiger partial charge in [-0.1, -0.05) is 12.1 Å². The number of hydrogen-bond acceptors (Lipinski definition) is 3. The normalized spacial score (nSPS) is 12.5. The molecular weight excluding hydrogens is 192 g/mol. The van der Waals surface area contributed by atoms with Crippen molar-refractivity contribution in [2.24, 2.45) is 0 Å². The second kappa shape index (κ2) is 6.43. The Hall–Kier alpha value is -1.06. The van der Waals surface area contributed by atoms with Crippen molar-refractivity contribution in [1.29, 1.82) is 0 Å². The fourth-order valence-electron chi connectivity index (χ4n) is 1.44. The Balaban J connectivity index is 2.43. The Morgan fingerprint density at radius 1 is 1.33 bits per heavy atom. The van der Waals surface area contributed by atoms with Gasteiger partial charge in [-0.2, -0.15) is 0 Å². The van der Waals surface area contributed by atoms with E-state index in [9.17, 15) is 5.11 Å². The van der Waals surface area contributed by atoms with E-state index in [1.54, 1.807) is 14.2 Å². The van der Waals surface area contributed by atoms with Gasteiger partial charge in [-0.25, -0.2) is 0 Å². The summed E-state index contributed by atoms with van der Waals surface area (Å²) in [6.07, 6.45) is 1.16. The summed E-state index contributed by atoms with van der Waals surface area (Å²) in [5.74, 6) is 0.855. The number of methoxy groups -OCH3 is 2. The summed E-state index contributed by atoms with van der Waals surface area (Å²) in [5.41, 5.74) is 1.17. The number of aliphatic hydroxyl groups is 1. The molecule has 0 heterocycles. The number of hydrogen-bond donors (Lipinski definition) is 1. The van der Waals surface area contributed by atoms with Crippen molar-refractivity contribution >= 4 is 0 Å². The average Bonchev–Trinajstić information content (AvgIpc) is 2.27. The number of aryl methyl sites for hydroxylation is 1. The molecule has 1 aromatic rings. The molecule has 15 heavy (non-hydrogen) atoms. The highest BCUT2D eigenvalue weighted by molar-refractivity contribution is 5.28. The topological polar surface area (TPSA) is 38.7 Å². The van der Waals surface area contributed by atoms with Crippen molar-refractivity contribution in [3.63, 3.8) is 0 Å². The Morgan fingerprint density at radius 3 is 2.80 bits per heavy atom. The van der Waals surface area contributed by atoms with E-state index >= 15 is 0 Å². The molecule has 1 atom stereocenters. The first-order valence-corrected chi connectivity index (χ1v) is 5.06. The fraction of sp³-hybridized carbons (Fsp3) is 0.500. The van der Waals surface area contributed by atoms with Gasteiger partial charge in [0.05, 0.1) is 19.8 Å². The maximum atomic E-state index is 9.48. The Morgan fingerprint density at radius 2 is 2.13 bits per heavy atom. The maximum absolute atomic E-state index is 9.48. The van der Waals surface area contributed by atoms with Crippen LogP contribution in [-0.2, 0) is 11.2 Å². The van der Waals surface area contributed by atoms with Crippen LogP contribution in [0.3, 0.4) is 0 Å². The summed E-state index contributed by atoms with van der Waals surface area (Å²) >= 11 is 0. The monoisotopic (exact) mass is 210 g/mol. The van der Waals surface area contributed by atoms with Crippen LogP contribution < -0.4 is 4.74 Å². The van der Waals surface area contributed by atoms with Crippen molar-refractivity contribution < 1.29 is 14.6 Å². The van der Waals surface area contributed by atoms with Gasteiger partial charge in [0.2, 0.25) is 0 Å². The molecule has 0 aliphatic carbocycles. The van der Waals surface area contributed by atoms with Gasteiger partial charge in [-0.3, -0.25) is 0 Å². The van der Waals surface area contributed by atoms with Crippen LogP contribution in [0, 0.1) is 0 Å². The molecule has 0 fully saturated rings. The van der Waals surface area contributed by atoms with E-state index in [0.717, 1.165) is 12.2 Å². The van der Waals surface area contributed by atoms with Gasteiger partial charge in [0, 0.05) is 7.11 Å². The Labute approximate surface area is 90.6 Å². The lowest BCUT2D eigenvalue weighted by atomic mass is 10.1. The van der Waals surface area contributed by atoms with Gasteiger partial charge in [-0.15, -0.1) is 0 Å². The Kier molecular flexibility index (Phi) is 5.15. The molecule has 84 valence electrons. The van der Waals surface area contributed by atoms with Gasteiger partial charge >= 0.3 is 0 Å². The lowest BCUT2D eigenvalue weighted by molar-refractivity contribution is 0.0595. The molecule has 0 saturated heterocycles. The van der Waals surface area contributed by atoms with Crippen molar-refractivity contribution in [2.45, 2.75) is 18.9 Å². The predicted molar refractivity (Wildman–Crippen MR) is 59.2 cm³/mol. The van der Waals surface area contributed by atoms with Gasteiger partial charge in [0.25, 0.3) is 0 Å². The minimum Gasteiger partial charge on any atom is -0.497 e. The zero-order valence-electron chi connectivity index (χ0n) is 9.27. The second-order valence-electron chi connectivity index (χ2n) is 3.50. The van der Waals surface area contributed by atoms with Gasteiger partial charge in [-0.05, 0) is 30.5 Å². The molecular formula is C12H18O3. The molecule has 0 bridgehead atoms. The van der Waals surface area contributed by atoms with E-state index in [2.05, 4.69) is 0 Å². The van der Waals surface area contributed by atoms with Crippen LogP contribution in [0.25, 0.3) is 0 Å². The summed E-state index contributed by atoms with van der Waals surface area (Å²) in [6, 6.07) is 7.88. The molecule has 0 aromatic heterocycles. The van der Waals surface area contributed by atoms with Crippen molar-refractivity contribution in [2.75, 3.05) is 20.8 Å². The average molecular weight is 210 g/mol. The van der Waals surface area contributed by atoms with Crippen molar-refractivity contribution in [3.05, 3.63) is 29.8 Å². The van der Waals surface area contributed by atoms with E-state index in [-0.39, 0.29) is 6.10 Å². The first-order chi connectivity index (χ1) is 7.26. The van der Waals surface area contributed by atoms with E-state index in [1.165, 1.54) is 5.56 Å². The lowest BCUT2D eigenvalue weighted by Gasteiger charge is -2.09. The van der Waals surface area contributed by atoms with Crippen LogP contribution in [0.4, 0.5) is 0 Å². The molecule has 1 aromatic carbocycles. The molecule has 3 heteroatoms. The Bertz CT molecular complexity index is 286. The first-order valence-electron chi connectivity index (χ1n) is 5.06. The van der Waals surface area contributed by atoms with Crippen LogP contribution in [0.1, 0.15) is 12.0 Å². The van der Waals surface area contributed by atoms with Crippen molar-refractivity contribution in [1.82, 2.24) is 0 Å². The zero-order valence-corrected chi connectivity index (χ0v) is 9.27. The zero-order chi connectivity index (χ0) is 11.1. The lowest BCUT2D eigenvalue weighted by Crippen LogP contribution is -2.14. The summed E-state index contributed by atoms with van der Waals surface area (Å²) in [5, 5.41) is 9.48. The number of benzene rings is 1. The molecule has 0 saturated carbocycles. The molecule has 3 nitrogen and oxygen atoms in total. The number of ether oxygens (including phenoxy) is 2. The number of aliphatic hydroxyl groups excluding tert-OH is 1. The molecule has 0 aliphatic heterocycles. The SMILES string of the molecule is COCC(O)CCc1cccc(OC)c1. The predicted octanol–water partition coefficient (Wildman–Crippen LogP) is 1.64. The molecule has 1 unspecified atom stereocenters. The minimum atomic E-state index is -0.388. The third-order valence-electron chi connectivity index (χ3n) is 2.26. The largest absolute Gasteiger partial charge is 0.497 e. The quantitative estimate of drug-likeness (QED) is 0.775. The molecule has 0 amide bonds.